The first kappa shape index (κ1) is 8.19. The third-order valence-corrected chi connectivity index (χ3v) is 2.45. The van der Waals surface area contributed by atoms with E-state index in [0.29, 0.717) is 0 Å². The van der Waals surface area contributed by atoms with E-state index in [9.17, 15) is 0 Å². The molecule has 62 valence electrons. The molecule has 0 bridgehead atoms. The van der Waals surface area contributed by atoms with Gasteiger partial charge in [0.15, 0.2) is 5.65 Å². The number of nitrogens with zero attached hydrogens (tertiary/aromatic N) is 3. The van der Waals surface area contributed by atoms with Crippen LogP contribution in [0.5, 0.6) is 0 Å². The summed E-state index contributed by atoms with van der Waals surface area (Å²) < 4.78 is 2.68. The lowest BCUT2D eigenvalue weighted by molar-refractivity contribution is 0.909. The predicted molar refractivity (Wildman–Crippen MR) is 53.3 cm³/mol. The van der Waals surface area contributed by atoms with Gasteiger partial charge in [-0.3, -0.25) is 0 Å². The van der Waals surface area contributed by atoms with E-state index in [2.05, 4.69) is 41.9 Å². The maximum atomic E-state index is 4.27. The summed E-state index contributed by atoms with van der Waals surface area (Å²) in [5.41, 5.74) is 1.85. The van der Waals surface area contributed by atoms with Crippen LogP contribution in [0.3, 0.4) is 0 Å². The van der Waals surface area contributed by atoms with Crippen LogP contribution >= 0.6 is 31.9 Å². The fourth-order valence-electron chi connectivity index (χ4n) is 0.968. The van der Waals surface area contributed by atoms with Crippen molar-refractivity contribution >= 4 is 37.5 Å². The van der Waals surface area contributed by atoms with Gasteiger partial charge in [-0.2, -0.15) is 5.10 Å². The average molecular weight is 291 g/mol. The molecule has 0 aliphatic heterocycles. The molecule has 5 heteroatoms. The second kappa shape index (κ2) is 3.14. The van der Waals surface area contributed by atoms with Crippen LogP contribution in [-0.2, 0) is 5.33 Å². The highest BCUT2D eigenvalue weighted by Crippen LogP contribution is 2.11. The van der Waals surface area contributed by atoms with Gasteiger partial charge < -0.3 is 0 Å². The Morgan fingerprint density at radius 3 is 3.08 bits per heavy atom. The highest BCUT2D eigenvalue weighted by molar-refractivity contribution is 9.10. The molecule has 2 aromatic rings. The van der Waals surface area contributed by atoms with E-state index in [1.165, 1.54) is 0 Å². The maximum absolute atomic E-state index is 4.27. The van der Waals surface area contributed by atoms with Crippen molar-refractivity contribution < 1.29 is 0 Å². The van der Waals surface area contributed by atoms with Crippen molar-refractivity contribution in [2.24, 2.45) is 0 Å². The molecule has 0 atom stereocenters. The monoisotopic (exact) mass is 289 g/mol. The van der Waals surface area contributed by atoms with Crippen molar-refractivity contribution in [2.45, 2.75) is 5.33 Å². The van der Waals surface area contributed by atoms with Crippen LogP contribution in [-0.4, -0.2) is 14.6 Å². The highest BCUT2D eigenvalue weighted by atomic mass is 79.9. The molecule has 2 aromatic heterocycles. The van der Waals surface area contributed by atoms with Crippen LogP contribution in [0.1, 0.15) is 5.69 Å². The van der Waals surface area contributed by atoms with Gasteiger partial charge in [0.1, 0.15) is 0 Å². The van der Waals surface area contributed by atoms with E-state index < -0.39 is 0 Å². The number of halogens is 2. The molecule has 0 radical (unpaired) electrons. The topological polar surface area (TPSA) is 30.2 Å². The second-order valence-electron chi connectivity index (χ2n) is 2.34. The number of aromatic nitrogens is 3. The first-order chi connectivity index (χ1) is 5.79. The minimum absolute atomic E-state index is 0.758. The van der Waals surface area contributed by atoms with E-state index in [1.807, 2.05) is 12.3 Å². The van der Waals surface area contributed by atoms with Crippen molar-refractivity contribution in [3.8, 4) is 0 Å². The van der Waals surface area contributed by atoms with E-state index in [4.69, 9.17) is 0 Å². The summed E-state index contributed by atoms with van der Waals surface area (Å²) in [7, 11) is 0. The van der Waals surface area contributed by atoms with Crippen molar-refractivity contribution in [1.29, 1.82) is 0 Å². The fraction of sp³-hybridized carbons (Fsp3) is 0.143. The third-order valence-electron chi connectivity index (χ3n) is 1.47. The molecule has 0 saturated heterocycles. The summed E-state index contributed by atoms with van der Waals surface area (Å²) in [5.74, 6) is 0. The van der Waals surface area contributed by atoms with Gasteiger partial charge >= 0.3 is 0 Å². The summed E-state index contributed by atoms with van der Waals surface area (Å²) in [6.07, 6.45) is 3.64. The second-order valence-corrected chi connectivity index (χ2v) is 3.82. The first-order valence-electron chi connectivity index (χ1n) is 3.35. The average Bonchev–Trinajstić information content (AvgIpc) is 2.46. The van der Waals surface area contributed by atoms with Crippen LogP contribution in [0.15, 0.2) is 22.9 Å². The Kier molecular flexibility index (Phi) is 2.14. The van der Waals surface area contributed by atoms with Gasteiger partial charge in [0.25, 0.3) is 0 Å². The summed E-state index contributed by atoms with van der Waals surface area (Å²) in [5, 5.41) is 5.03. The Morgan fingerprint density at radius 1 is 1.50 bits per heavy atom. The Balaban J connectivity index is 2.67. The number of hydrogen-bond acceptors (Lipinski definition) is 2. The van der Waals surface area contributed by atoms with Crippen LogP contribution in [0, 0.1) is 0 Å². The smallest absolute Gasteiger partial charge is 0.155 e. The van der Waals surface area contributed by atoms with Gasteiger partial charge in [-0.25, -0.2) is 9.50 Å². The molecular formula is C7H5Br2N3. The number of fused-ring (bicyclic) bond motifs is 1. The minimum atomic E-state index is 0.758. The van der Waals surface area contributed by atoms with Gasteiger partial charge in [-0.15, -0.1) is 0 Å². The maximum Gasteiger partial charge on any atom is 0.155 e. The Hall–Kier alpha value is -0.420. The highest BCUT2D eigenvalue weighted by Gasteiger charge is 2.00. The molecule has 3 nitrogen and oxygen atoms in total. The summed E-state index contributed by atoms with van der Waals surface area (Å²) in [6.45, 7) is 0. The largest absolute Gasteiger partial charge is 0.236 e. The molecule has 0 aliphatic carbocycles. The van der Waals surface area contributed by atoms with E-state index in [1.54, 1.807) is 10.7 Å². The lowest BCUT2D eigenvalue weighted by Gasteiger charge is -1.90. The van der Waals surface area contributed by atoms with Crippen molar-refractivity contribution in [3.05, 3.63) is 28.6 Å². The molecule has 2 heterocycles. The van der Waals surface area contributed by atoms with Gasteiger partial charge in [0.05, 0.1) is 10.2 Å². The van der Waals surface area contributed by atoms with Gasteiger partial charge in [-0.05, 0) is 15.9 Å². The minimum Gasteiger partial charge on any atom is -0.236 e. The van der Waals surface area contributed by atoms with Crippen LogP contribution in [0.2, 0.25) is 0 Å². The zero-order valence-corrected chi connectivity index (χ0v) is 9.21. The number of rotatable bonds is 1. The summed E-state index contributed by atoms with van der Waals surface area (Å²) in [6, 6.07) is 1.95. The molecule has 0 aliphatic rings. The zero-order valence-electron chi connectivity index (χ0n) is 6.04. The SMILES string of the molecule is BrCc1cc2ncc(Br)cn2n1. The normalized spacial score (nSPS) is 10.8. The molecule has 0 spiro atoms. The molecule has 0 saturated carbocycles. The molecule has 2 rings (SSSR count). The Labute approximate surface area is 86.1 Å². The lowest BCUT2D eigenvalue weighted by Crippen LogP contribution is -1.88. The lowest BCUT2D eigenvalue weighted by atomic mass is 10.5. The Bertz CT molecular complexity index is 410. The van der Waals surface area contributed by atoms with E-state index >= 15 is 0 Å². The third kappa shape index (κ3) is 1.38. The molecule has 0 aromatic carbocycles. The fourth-order valence-corrected chi connectivity index (χ4v) is 1.54. The van der Waals surface area contributed by atoms with Crippen LogP contribution in [0.4, 0.5) is 0 Å². The Morgan fingerprint density at radius 2 is 2.33 bits per heavy atom. The summed E-state index contributed by atoms with van der Waals surface area (Å²) >= 11 is 6.67. The predicted octanol–water partition coefficient (Wildman–Crippen LogP) is 2.39. The van der Waals surface area contributed by atoms with Gasteiger partial charge in [-0.1, -0.05) is 15.9 Å². The quantitative estimate of drug-likeness (QED) is 0.755. The van der Waals surface area contributed by atoms with Gasteiger partial charge in [0.2, 0.25) is 0 Å². The van der Waals surface area contributed by atoms with E-state index in [-0.39, 0.29) is 0 Å². The zero-order chi connectivity index (χ0) is 8.55. The summed E-state index contributed by atoms with van der Waals surface area (Å²) in [4.78, 5) is 4.18. The van der Waals surface area contributed by atoms with Crippen LogP contribution in [0.25, 0.3) is 5.65 Å². The standard InChI is InChI=1S/C7H5Br2N3/c8-2-6-1-7-10-3-5(9)4-12(7)11-6/h1,3-4H,2H2. The molecule has 0 amide bonds. The number of hydrogen-bond donors (Lipinski definition) is 0. The van der Waals surface area contributed by atoms with Crippen LogP contribution < -0.4 is 0 Å². The number of alkyl halides is 1. The first-order valence-corrected chi connectivity index (χ1v) is 5.27. The van der Waals surface area contributed by atoms with Crippen molar-refractivity contribution in [3.63, 3.8) is 0 Å². The van der Waals surface area contributed by atoms with Crippen molar-refractivity contribution in [1.82, 2.24) is 14.6 Å². The van der Waals surface area contributed by atoms with E-state index in [0.717, 1.165) is 21.1 Å². The molecule has 0 unspecified atom stereocenters. The molecule has 0 fully saturated rings. The molecular weight excluding hydrogens is 286 g/mol. The van der Waals surface area contributed by atoms with Gasteiger partial charge in [0, 0.05) is 23.8 Å². The van der Waals surface area contributed by atoms with Crippen molar-refractivity contribution in [2.75, 3.05) is 0 Å². The molecule has 0 N–H and O–H groups in total. The molecule has 12 heavy (non-hydrogen) atoms.